The van der Waals surface area contributed by atoms with Gasteiger partial charge in [-0.3, -0.25) is 4.79 Å². The Morgan fingerprint density at radius 2 is 1.26 bits per heavy atom. The van der Waals surface area contributed by atoms with Crippen LogP contribution >= 0.6 is 0 Å². The number of carboxylic acid groups (broad SMARTS) is 1. The summed E-state index contributed by atoms with van der Waals surface area (Å²) in [5.74, 6) is -0.767. The number of rotatable bonds is 19. The smallest absolute Gasteiger partial charge is 0.317 e. The third kappa shape index (κ3) is 22.9. The standard InChI is InChI=1S/C24H45NO2/c1-22(2)17-16-19-23(3)18-14-12-10-8-6-4-5-7-9-11-13-15-20-25-21-24(26)27/h17-18,25H,4-16,19-21H2,1-3H3,(H,26,27)/b23-18+. The number of allylic oxidation sites excluding steroid dienone is 4. The molecule has 0 aliphatic carbocycles. The molecule has 0 aromatic carbocycles. The van der Waals surface area contributed by atoms with E-state index in [9.17, 15) is 4.79 Å². The van der Waals surface area contributed by atoms with Crippen molar-refractivity contribution in [1.82, 2.24) is 5.32 Å². The largest absolute Gasteiger partial charge is 0.480 e. The van der Waals surface area contributed by atoms with E-state index < -0.39 is 5.97 Å². The molecular weight excluding hydrogens is 334 g/mol. The minimum atomic E-state index is -0.767. The Bertz CT molecular complexity index is 409. The molecular formula is C24H45NO2. The zero-order valence-electron chi connectivity index (χ0n) is 18.3. The first-order valence-electron chi connectivity index (χ1n) is 11.2. The van der Waals surface area contributed by atoms with Crippen LogP contribution in [0, 0.1) is 0 Å². The Morgan fingerprint density at radius 3 is 1.78 bits per heavy atom. The highest BCUT2D eigenvalue weighted by Gasteiger charge is 1.96. The number of carbonyl (C=O) groups is 1. The Balaban J connectivity index is 3.22. The maximum atomic E-state index is 10.3. The molecule has 0 aliphatic heterocycles. The fourth-order valence-corrected chi connectivity index (χ4v) is 3.22. The van der Waals surface area contributed by atoms with Crippen molar-refractivity contribution in [2.45, 2.75) is 111 Å². The molecule has 27 heavy (non-hydrogen) atoms. The second-order valence-electron chi connectivity index (χ2n) is 8.12. The van der Waals surface area contributed by atoms with Gasteiger partial charge in [0.2, 0.25) is 0 Å². The Hall–Kier alpha value is -1.09. The van der Waals surface area contributed by atoms with Crippen LogP contribution in [0.2, 0.25) is 0 Å². The zero-order chi connectivity index (χ0) is 20.2. The highest BCUT2D eigenvalue weighted by Crippen LogP contribution is 2.13. The lowest BCUT2D eigenvalue weighted by Gasteiger charge is -2.04. The van der Waals surface area contributed by atoms with Gasteiger partial charge in [-0.1, -0.05) is 81.1 Å². The summed E-state index contributed by atoms with van der Waals surface area (Å²) in [6, 6.07) is 0. The molecule has 0 saturated carbocycles. The van der Waals surface area contributed by atoms with Gasteiger partial charge >= 0.3 is 5.97 Å². The van der Waals surface area contributed by atoms with Crippen LogP contribution in [-0.4, -0.2) is 24.2 Å². The van der Waals surface area contributed by atoms with E-state index in [0.717, 1.165) is 13.0 Å². The zero-order valence-corrected chi connectivity index (χ0v) is 18.3. The van der Waals surface area contributed by atoms with Crippen LogP contribution in [0.15, 0.2) is 23.3 Å². The molecule has 0 atom stereocenters. The molecule has 3 nitrogen and oxygen atoms in total. The quantitative estimate of drug-likeness (QED) is 0.187. The number of hydrogen-bond acceptors (Lipinski definition) is 2. The number of hydrogen-bond donors (Lipinski definition) is 2. The summed E-state index contributed by atoms with van der Waals surface area (Å²) >= 11 is 0. The summed E-state index contributed by atoms with van der Waals surface area (Å²) in [7, 11) is 0. The molecule has 0 aromatic rings. The fraction of sp³-hybridized carbons (Fsp3) is 0.792. The van der Waals surface area contributed by atoms with Gasteiger partial charge in [-0.2, -0.15) is 0 Å². The summed E-state index contributed by atoms with van der Waals surface area (Å²) in [6.07, 6.45) is 23.0. The monoisotopic (exact) mass is 379 g/mol. The van der Waals surface area contributed by atoms with Crippen molar-refractivity contribution in [1.29, 1.82) is 0 Å². The summed E-state index contributed by atoms with van der Waals surface area (Å²) in [5.41, 5.74) is 2.97. The van der Waals surface area contributed by atoms with Crippen LogP contribution in [0.5, 0.6) is 0 Å². The van der Waals surface area contributed by atoms with E-state index in [1.165, 1.54) is 89.0 Å². The van der Waals surface area contributed by atoms with E-state index in [4.69, 9.17) is 5.11 Å². The highest BCUT2D eigenvalue weighted by atomic mass is 16.4. The molecule has 0 aromatic heterocycles. The SMILES string of the molecule is CC(C)=CCC/C(C)=C/CCCCCCCCCCCCCNCC(=O)O. The minimum absolute atomic E-state index is 0.0895. The van der Waals surface area contributed by atoms with Gasteiger partial charge in [-0.05, 0) is 59.4 Å². The summed E-state index contributed by atoms with van der Waals surface area (Å²) in [5, 5.41) is 11.5. The first-order valence-corrected chi connectivity index (χ1v) is 11.2. The summed E-state index contributed by atoms with van der Waals surface area (Å²) in [6.45, 7) is 7.53. The topological polar surface area (TPSA) is 49.3 Å². The van der Waals surface area contributed by atoms with Crippen LogP contribution in [0.1, 0.15) is 111 Å². The second-order valence-corrected chi connectivity index (χ2v) is 8.12. The molecule has 3 heteroatoms. The van der Waals surface area contributed by atoms with Gasteiger partial charge in [0.15, 0.2) is 0 Å². The van der Waals surface area contributed by atoms with Gasteiger partial charge in [0.25, 0.3) is 0 Å². The van der Waals surface area contributed by atoms with Crippen LogP contribution in [0.4, 0.5) is 0 Å². The van der Waals surface area contributed by atoms with Gasteiger partial charge in [0.05, 0.1) is 6.54 Å². The van der Waals surface area contributed by atoms with Gasteiger partial charge in [-0.15, -0.1) is 0 Å². The van der Waals surface area contributed by atoms with Crippen LogP contribution in [0.3, 0.4) is 0 Å². The predicted octanol–water partition coefficient (Wildman–Crippen LogP) is 7.03. The van der Waals surface area contributed by atoms with Gasteiger partial charge in [-0.25, -0.2) is 0 Å². The lowest BCUT2D eigenvalue weighted by atomic mass is 10.0. The van der Waals surface area contributed by atoms with E-state index in [0.29, 0.717) is 0 Å². The lowest BCUT2D eigenvalue weighted by molar-refractivity contribution is -0.135. The van der Waals surface area contributed by atoms with Crippen molar-refractivity contribution in [3.8, 4) is 0 Å². The third-order valence-corrected chi connectivity index (χ3v) is 4.92. The van der Waals surface area contributed by atoms with E-state index in [-0.39, 0.29) is 6.54 Å². The molecule has 0 unspecified atom stereocenters. The summed E-state index contributed by atoms with van der Waals surface area (Å²) in [4.78, 5) is 10.3. The molecule has 0 rings (SSSR count). The normalized spacial score (nSPS) is 11.6. The van der Waals surface area contributed by atoms with E-state index in [2.05, 4.69) is 38.2 Å². The van der Waals surface area contributed by atoms with Crippen LogP contribution < -0.4 is 5.32 Å². The minimum Gasteiger partial charge on any atom is -0.480 e. The van der Waals surface area contributed by atoms with E-state index in [1.54, 1.807) is 5.57 Å². The Morgan fingerprint density at radius 1 is 0.741 bits per heavy atom. The van der Waals surface area contributed by atoms with E-state index >= 15 is 0 Å². The maximum absolute atomic E-state index is 10.3. The Labute approximate surface area is 168 Å². The van der Waals surface area contributed by atoms with Gasteiger partial charge in [0.1, 0.15) is 0 Å². The van der Waals surface area contributed by atoms with Crippen molar-refractivity contribution < 1.29 is 9.90 Å². The average Bonchev–Trinajstić information content (AvgIpc) is 2.60. The van der Waals surface area contributed by atoms with Crippen molar-refractivity contribution in [3.63, 3.8) is 0 Å². The molecule has 0 saturated heterocycles. The molecule has 0 bridgehead atoms. The molecule has 2 N–H and O–H groups in total. The molecule has 0 radical (unpaired) electrons. The van der Waals surface area contributed by atoms with Crippen molar-refractivity contribution in [2.75, 3.05) is 13.1 Å². The predicted molar refractivity (Wildman–Crippen MR) is 118 cm³/mol. The molecule has 0 fully saturated rings. The van der Waals surface area contributed by atoms with Crippen LogP contribution in [-0.2, 0) is 4.79 Å². The van der Waals surface area contributed by atoms with Crippen molar-refractivity contribution in [3.05, 3.63) is 23.3 Å². The van der Waals surface area contributed by atoms with E-state index in [1.807, 2.05) is 0 Å². The fourth-order valence-electron chi connectivity index (χ4n) is 3.22. The first kappa shape index (κ1) is 25.9. The first-order chi connectivity index (χ1) is 13.0. The molecule has 0 spiro atoms. The highest BCUT2D eigenvalue weighted by molar-refractivity contribution is 5.68. The molecule has 0 aliphatic rings. The second kappa shape index (κ2) is 19.7. The lowest BCUT2D eigenvalue weighted by Crippen LogP contribution is -2.23. The average molecular weight is 380 g/mol. The van der Waals surface area contributed by atoms with Crippen LogP contribution in [0.25, 0.3) is 0 Å². The van der Waals surface area contributed by atoms with Crippen molar-refractivity contribution in [2.24, 2.45) is 0 Å². The number of nitrogens with one attached hydrogen (secondary N) is 1. The third-order valence-electron chi connectivity index (χ3n) is 4.92. The molecule has 0 heterocycles. The summed E-state index contributed by atoms with van der Waals surface area (Å²) < 4.78 is 0. The van der Waals surface area contributed by atoms with Gasteiger partial charge < -0.3 is 10.4 Å². The molecule has 158 valence electrons. The number of aliphatic carboxylic acids is 1. The van der Waals surface area contributed by atoms with Gasteiger partial charge in [0, 0.05) is 0 Å². The number of unbranched alkanes of at least 4 members (excludes halogenated alkanes) is 11. The number of carboxylic acids is 1. The van der Waals surface area contributed by atoms with Crippen molar-refractivity contribution >= 4 is 5.97 Å². The Kier molecular flexibility index (Phi) is 18.9. The molecule has 0 amide bonds. The maximum Gasteiger partial charge on any atom is 0.317 e.